The third-order valence-electron chi connectivity index (χ3n) is 5.10. The molecule has 3 heterocycles. The molecule has 6 heteroatoms. The molecule has 0 radical (unpaired) electrons. The van der Waals surface area contributed by atoms with Crippen LogP contribution in [0.5, 0.6) is 0 Å². The van der Waals surface area contributed by atoms with Crippen LogP contribution in [0.3, 0.4) is 0 Å². The topological polar surface area (TPSA) is 62.6 Å². The largest absolute Gasteiger partial charge is 0.467 e. The number of thiophene rings is 1. The average Bonchev–Trinajstić information content (AvgIpc) is 3.41. The number of hydrogen-bond donors (Lipinski definition) is 1. The summed E-state index contributed by atoms with van der Waals surface area (Å²) < 4.78 is 5.31. The Morgan fingerprint density at radius 2 is 2.04 bits per heavy atom. The fraction of sp³-hybridized carbons (Fsp3) is 0.273. The van der Waals surface area contributed by atoms with Crippen molar-refractivity contribution in [2.24, 2.45) is 5.92 Å². The van der Waals surface area contributed by atoms with Gasteiger partial charge >= 0.3 is 0 Å². The highest BCUT2D eigenvalue weighted by atomic mass is 32.1. The first-order valence-electron chi connectivity index (χ1n) is 9.35. The monoisotopic (exact) mass is 394 g/mol. The van der Waals surface area contributed by atoms with E-state index >= 15 is 0 Å². The van der Waals surface area contributed by atoms with E-state index in [0.29, 0.717) is 25.1 Å². The minimum absolute atomic E-state index is 0.0531. The lowest BCUT2D eigenvalue weighted by atomic mass is 9.86. The molecule has 3 aromatic rings. The van der Waals surface area contributed by atoms with Gasteiger partial charge in [-0.05, 0) is 49.1 Å². The normalized spacial score (nSPS) is 19.6. The molecule has 1 aliphatic heterocycles. The first-order chi connectivity index (χ1) is 13.6. The van der Waals surface area contributed by atoms with Crippen molar-refractivity contribution in [3.63, 3.8) is 0 Å². The van der Waals surface area contributed by atoms with Gasteiger partial charge in [0.15, 0.2) is 0 Å². The molecule has 1 N–H and O–H groups in total. The fourth-order valence-electron chi connectivity index (χ4n) is 3.68. The van der Waals surface area contributed by atoms with E-state index in [1.54, 1.807) is 28.6 Å². The summed E-state index contributed by atoms with van der Waals surface area (Å²) in [6.07, 6.45) is 2.48. The summed E-state index contributed by atoms with van der Waals surface area (Å²) in [6, 6.07) is 15.2. The van der Waals surface area contributed by atoms with Crippen molar-refractivity contribution in [2.75, 3.05) is 4.90 Å². The lowest BCUT2D eigenvalue weighted by Crippen LogP contribution is -2.48. The van der Waals surface area contributed by atoms with Crippen molar-refractivity contribution in [2.45, 2.75) is 32.4 Å². The van der Waals surface area contributed by atoms with E-state index in [2.05, 4.69) is 5.32 Å². The Balaban J connectivity index is 1.64. The predicted octanol–water partition coefficient (Wildman–Crippen LogP) is 4.45. The number of furan rings is 1. The average molecular weight is 394 g/mol. The van der Waals surface area contributed by atoms with Crippen LogP contribution in [0.2, 0.25) is 0 Å². The van der Waals surface area contributed by atoms with Crippen molar-refractivity contribution in [1.82, 2.24) is 5.32 Å². The highest BCUT2D eigenvalue weighted by molar-refractivity contribution is 7.10. The molecule has 2 amide bonds. The summed E-state index contributed by atoms with van der Waals surface area (Å²) in [5.41, 5.74) is 1.96. The Hall–Kier alpha value is -2.86. The number of amides is 2. The third-order valence-corrected chi connectivity index (χ3v) is 6.04. The molecule has 1 saturated heterocycles. The van der Waals surface area contributed by atoms with Gasteiger partial charge in [0.1, 0.15) is 5.76 Å². The number of carbonyl (C=O) groups is 2. The zero-order valence-corrected chi connectivity index (χ0v) is 16.4. The Morgan fingerprint density at radius 1 is 1.21 bits per heavy atom. The van der Waals surface area contributed by atoms with Crippen LogP contribution in [0.25, 0.3) is 0 Å². The Morgan fingerprint density at radius 3 is 2.71 bits per heavy atom. The van der Waals surface area contributed by atoms with E-state index in [9.17, 15) is 9.59 Å². The second-order valence-corrected chi connectivity index (χ2v) is 7.98. The van der Waals surface area contributed by atoms with Crippen LogP contribution in [0.4, 0.5) is 5.69 Å². The van der Waals surface area contributed by atoms with Crippen LogP contribution in [0.15, 0.2) is 64.6 Å². The Bertz CT molecular complexity index is 933. The molecular weight excluding hydrogens is 372 g/mol. The summed E-state index contributed by atoms with van der Waals surface area (Å²) >= 11 is 1.58. The van der Waals surface area contributed by atoms with Crippen molar-refractivity contribution in [1.29, 1.82) is 0 Å². The minimum atomic E-state index is -0.312. The standard InChI is InChI=1S/C22H22N2O3S/c1-15-6-8-16(9-7-15)24-20(25)11-10-18(21(24)19-5-3-13-28-19)22(26)23-14-17-4-2-12-27-17/h2-9,12-13,18,21H,10-11,14H2,1H3,(H,23,26). The number of rotatable bonds is 5. The predicted molar refractivity (Wildman–Crippen MR) is 109 cm³/mol. The van der Waals surface area contributed by atoms with E-state index in [1.165, 1.54) is 0 Å². The molecule has 2 unspecified atom stereocenters. The summed E-state index contributed by atoms with van der Waals surface area (Å²) in [4.78, 5) is 28.8. The summed E-state index contributed by atoms with van der Waals surface area (Å²) in [5, 5.41) is 4.96. The number of benzene rings is 1. The number of nitrogens with zero attached hydrogens (tertiary/aromatic N) is 1. The van der Waals surface area contributed by atoms with Gasteiger partial charge in [-0.15, -0.1) is 11.3 Å². The number of anilines is 1. The van der Waals surface area contributed by atoms with Crippen molar-refractivity contribution in [3.8, 4) is 0 Å². The summed E-state index contributed by atoms with van der Waals surface area (Å²) in [5.74, 6) is 0.396. The van der Waals surface area contributed by atoms with Crippen molar-refractivity contribution < 1.29 is 14.0 Å². The van der Waals surface area contributed by atoms with Gasteiger partial charge in [0.25, 0.3) is 0 Å². The quantitative estimate of drug-likeness (QED) is 0.695. The van der Waals surface area contributed by atoms with Gasteiger partial charge in [0.05, 0.1) is 24.8 Å². The number of nitrogens with one attached hydrogen (secondary N) is 1. The third kappa shape index (κ3) is 3.73. The number of hydrogen-bond acceptors (Lipinski definition) is 4. The molecule has 1 aliphatic rings. The van der Waals surface area contributed by atoms with E-state index < -0.39 is 0 Å². The second kappa shape index (κ2) is 8.02. The van der Waals surface area contributed by atoms with Gasteiger partial charge < -0.3 is 14.6 Å². The second-order valence-electron chi connectivity index (χ2n) is 7.00. The number of aryl methyl sites for hydroxylation is 1. The Kier molecular flexibility index (Phi) is 5.30. The van der Waals surface area contributed by atoms with Crippen LogP contribution in [-0.4, -0.2) is 11.8 Å². The van der Waals surface area contributed by atoms with Gasteiger partial charge in [-0.3, -0.25) is 9.59 Å². The van der Waals surface area contributed by atoms with E-state index in [1.807, 2.05) is 54.8 Å². The fourth-order valence-corrected chi connectivity index (χ4v) is 4.56. The van der Waals surface area contributed by atoms with E-state index in [0.717, 1.165) is 16.1 Å². The van der Waals surface area contributed by atoms with Crippen LogP contribution < -0.4 is 10.2 Å². The van der Waals surface area contributed by atoms with Crippen molar-refractivity contribution in [3.05, 3.63) is 76.4 Å². The zero-order valence-electron chi connectivity index (χ0n) is 15.6. The smallest absolute Gasteiger partial charge is 0.227 e. The van der Waals surface area contributed by atoms with Crippen molar-refractivity contribution >= 4 is 28.8 Å². The van der Waals surface area contributed by atoms with Crippen LogP contribution in [-0.2, 0) is 16.1 Å². The molecule has 1 fully saturated rings. The van der Waals surface area contributed by atoms with Crippen LogP contribution >= 0.6 is 11.3 Å². The molecule has 0 bridgehead atoms. The molecule has 5 nitrogen and oxygen atoms in total. The van der Waals surface area contributed by atoms with Gasteiger partial charge in [-0.25, -0.2) is 0 Å². The van der Waals surface area contributed by atoms with E-state index in [4.69, 9.17) is 4.42 Å². The zero-order chi connectivity index (χ0) is 19.5. The molecule has 0 saturated carbocycles. The number of piperidine rings is 1. The highest BCUT2D eigenvalue weighted by Crippen LogP contribution is 2.41. The molecule has 0 aliphatic carbocycles. The van der Waals surface area contributed by atoms with Gasteiger partial charge in [0, 0.05) is 17.0 Å². The molecule has 28 heavy (non-hydrogen) atoms. The first kappa shape index (κ1) is 18.5. The first-order valence-corrected chi connectivity index (χ1v) is 10.2. The van der Waals surface area contributed by atoms with Crippen LogP contribution in [0, 0.1) is 12.8 Å². The molecular formula is C22H22N2O3S. The number of carbonyl (C=O) groups excluding carboxylic acids is 2. The maximum atomic E-state index is 13.1. The minimum Gasteiger partial charge on any atom is -0.467 e. The van der Waals surface area contributed by atoms with Crippen LogP contribution in [0.1, 0.15) is 35.1 Å². The maximum absolute atomic E-state index is 13.1. The maximum Gasteiger partial charge on any atom is 0.227 e. The van der Waals surface area contributed by atoms with Gasteiger partial charge in [0.2, 0.25) is 11.8 Å². The van der Waals surface area contributed by atoms with E-state index in [-0.39, 0.29) is 23.8 Å². The summed E-state index contributed by atoms with van der Waals surface area (Å²) in [7, 11) is 0. The highest BCUT2D eigenvalue weighted by Gasteiger charge is 2.41. The molecule has 0 spiro atoms. The Labute approximate surface area is 168 Å². The summed E-state index contributed by atoms with van der Waals surface area (Å²) in [6.45, 7) is 2.36. The van der Waals surface area contributed by atoms with Gasteiger partial charge in [-0.1, -0.05) is 23.8 Å². The molecule has 144 valence electrons. The molecule has 1 aromatic carbocycles. The SMILES string of the molecule is Cc1ccc(N2C(=O)CCC(C(=O)NCc3ccco3)C2c2cccs2)cc1. The molecule has 2 aromatic heterocycles. The molecule has 4 rings (SSSR count). The van der Waals surface area contributed by atoms with Gasteiger partial charge in [-0.2, -0.15) is 0 Å². The lowest BCUT2D eigenvalue weighted by Gasteiger charge is -2.40. The lowest BCUT2D eigenvalue weighted by molar-refractivity contribution is -0.129. The molecule has 2 atom stereocenters.